The van der Waals surface area contributed by atoms with Gasteiger partial charge in [0.1, 0.15) is 5.75 Å². The first kappa shape index (κ1) is 25.4. The number of methoxy groups -OCH3 is 1. The second-order valence-electron chi connectivity index (χ2n) is 9.89. The van der Waals surface area contributed by atoms with E-state index in [1.165, 1.54) is 19.5 Å². The third-order valence-electron chi connectivity index (χ3n) is 7.21. The zero-order valence-corrected chi connectivity index (χ0v) is 22.4. The number of carbonyl (C=O) groups is 1. The molecule has 3 heterocycles. The summed E-state index contributed by atoms with van der Waals surface area (Å²) in [5.41, 5.74) is 4.16. The highest BCUT2D eigenvalue weighted by molar-refractivity contribution is 7.15. The number of aliphatic hydroxyl groups excluding tert-OH is 1. The lowest BCUT2D eigenvalue weighted by molar-refractivity contribution is 0.0930. The summed E-state index contributed by atoms with van der Waals surface area (Å²) in [6.07, 6.45) is 4.96. The van der Waals surface area contributed by atoms with E-state index in [-0.39, 0.29) is 12.5 Å². The Morgan fingerprint density at radius 2 is 1.95 bits per heavy atom. The third-order valence-corrected chi connectivity index (χ3v) is 8.33. The fourth-order valence-electron chi connectivity index (χ4n) is 4.66. The molecule has 192 valence electrons. The highest BCUT2D eigenvalue weighted by Gasteiger charge is 2.47. The number of aryl methyl sites for hydroxylation is 1. The molecule has 0 unspecified atom stereocenters. The molecule has 2 N–H and O–H groups in total. The summed E-state index contributed by atoms with van der Waals surface area (Å²) in [6.45, 7) is 4.60. The first-order valence-electron chi connectivity index (χ1n) is 12.7. The lowest BCUT2D eigenvalue weighted by atomic mass is 9.95. The van der Waals surface area contributed by atoms with Gasteiger partial charge in [0.2, 0.25) is 0 Å². The van der Waals surface area contributed by atoms with E-state index in [0.717, 1.165) is 50.2 Å². The molecular weight excluding hydrogens is 482 g/mol. The molecule has 1 saturated heterocycles. The number of likely N-dealkylation sites (tertiary alicyclic amines) is 1. The molecule has 6 rings (SSSR count). The van der Waals surface area contributed by atoms with Crippen LogP contribution in [0.1, 0.15) is 45.6 Å². The number of nitrogens with zero attached hydrogens (tertiary/aromatic N) is 2. The van der Waals surface area contributed by atoms with Gasteiger partial charge in [0.15, 0.2) is 0 Å². The van der Waals surface area contributed by atoms with Crippen LogP contribution in [-0.4, -0.2) is 48.1 Å². The van der Waals surface area contributed by atoms with Crippen LogP contribution < -0.4 is 10.1 Å². The van der Waals surface area contributed by atoms with Crippen molar-refractivity contribution in [1.29, 1.82) is 0 Å². The van der Waals surface area contributed by atoms with Crippen molar-refractivity contribution < 1.29 is 14.6 Å². The predicted molar refractivity (Wildman–Crippen MR) is 149 cm³/mol. The summed E-state index contributed by atoms with van der Waals surface area (Å²) in [5.74, 6) is 0.569. The van der Waals surface area contributed by atoms with Crippen molar-refractivity contribution >= 4 is 28.1 Å². The maximum atomic E-state index is 13.3. The van der Waals surface area contributed by atoms with Crippen molar-refractivity contribution in [1.82, 2.24) is 15.2 Å². The van der Waals surface area contributed by atoms with Crippen LogP contribution in [0.3, 0.4) is 0 Å². The summed E-state index contributed by atoms with van der Waals surface area (Å²) in [6, 6.07) is 17.8. The maximum absolute atomic E-state index is 13.3. The summed E-state index contributed by atoms with van der Waals surface area (Å²) < 4.78 is 5.32. The molecule has 1 aliphatic carbocycles. The number of fused-ring (bicyclic) bond motifs is 1. The standard InChI is InChI=1S/C26H24N2O3S.C4H9N/c1-16-5-6-18(31-2)14-21(16)25(30)28-26(9-10-26)22-12-17(24-8-7-19(15-29)32-24)13-23-20(22)4-3-11-27-23;1-5-3-2-4-5/h3-8,11-14,29H,9-10,15H2,1-2H3,(H,28,30);2-4H2,1H3. The smallest absolute Gasteiger partial charge is 0.252 e. The van der Waals surface area contributed by atoms with Gasteiger partial charge in [0, 0.05) is 26.9 Å². The molecule has 2 aromatic heterocycles. The molecule has 1 amide bonds. The number of ether oxygens (including phenoxy) is 1. The fourth-order valence-corrected chi connectivity index (χ4v) is 5.51. The molecule has 1 aliphatic heterocycles. The maximum Gasteiger partial charge on any atom is 0.252 e. The SMILES string of the molecule is CN1CCC1.COc1ccc(C)c(C(=O)NC2(c3cc(-c4ccc(CO)s4)cc4ncccc34)CC2)c1. The van der Waals surface area contributed by atoms with Gasteiger partial charge in [-0.15, -0.1) is 11.3 Å². The number of hydrogen-bond acceptors (Lipinski definition) is 6. The summed E-state index contributed by atoms with van der Waals surface area (Å²) >= 11 is 1.57. The van der Waals surface area contributed by atoms with Crippen molar-refractivity contribution in [3.8, 4) is 16.2 Å². The van der Waals surface area contributed by atoms with Gasteiger partial charge < -0.3 is 20.1 Å². The van der Waals surface area contributed by atoms with E-state index in [0.29, 0.717) is 11.3 Å². The Hall–Kier alpha value is -3.26. The van der Waals surface area contributed by atoms with Crippen molar-refractivity contribution in [2.24, 2.45) is 0 Å². The van der Waals surface area contributed by atoms with Crippen LogP contribution in [0.15, 0.2) is 60.8 Å². The van der Waals surface area contributed by atoms with Crippen LogP contribution in [0.4, 0.5) is 0 Å². The number of hydrogen-bond donors (Lipinski definition) is 2. The minimum absolute atomic E-state index is 0.0310. The molecule has 6 nitrogen and oxygen atoms in total. The van der Waals surface area contributed by atoms with Gasteiger partial charge in [0.05, 0.1) is 24.8 Å². The van der Waals surface area contributed by atoms with Gasteiger partial charge in [-0.1, -0.05) is 12.1 Å². The quantitative estimate of drug-likeness (QED) is 0.354. The number of amides is 1. The normalized spacial score (nSPS) is 15.9. The molecule has 0 spiro atoms. The number of aliphatic hydroxyl groups is 1. The van der Waals surface area contributed by atoms with Crippen LogP contribution in [0.25, 0.3) is 21.3 Å². The number of nitrogens with one attached hydrogen (secondary N) is 1. The van der Waals surface area contributed by atoms with E-state index in [1.807, 2.05) is 37.3 Å². The Morgan fingerprint density at radius 3 is 2.57 bits per heavy atom. The van der Waals surface area contributed by atoms with Crippen LogP contribution >= 0.6 is 11.3 Å². The minimum atomic E-state index is -0.416. The molecule has 2 aromatic carbocycles. The fraction of sp³-hybridized carbons (Fsp3) is 0.333. The Labute approximate surface area is 221 Å². The second-order valence-corrected chi connectivity index (χ2v) is 11.1. The largest absolute Gasteiger partial charge is 0.497 e. The van der Waals surface area contributed by atoms with E-state index in [1.54, 1.807) is 30.7 Å². The van der Waals surface area contributed by atoms with Crippen molar-refractivity contribution in [2.45, 2.75) is 38.3 Å². The highest BCUT2D eigenvalue weighted by Crippen LogP contribution is 2.49. The van der Waals surface area contributed by atoms with Crippen molar-refractivity contribution in [3.63, 3.8) is 0 Å². The third kappa shape index (κ3) is 5.39. The Bertz CT molecular complexity index is 1420. The van der Waals surface area contributed by atoms with Gasteiger partial charge in [-0.3, -0.25) is 9.78 Å². The van der Waals surface area contributed by atoms with E-state index in [2.05, 4.69) is 40.4 Å². The topological polar surface area (TPSA) is 74.7 Å². The lowest BCUT2D eigenvalue weighted by Crippen LogP contribution is -2.35. The van der Waals surface area contributed by atoms with E-state index >= 15 is 0 Å². The van der Waals surface area contributed by atoms with Gasteiger partial charge in [-0.05, 0) is 105 Å². The predicted octanol–water partition coefficient (Wildman–Crippen LogP) is 5.51. The van der Waals surface area contributed by atoms with Gasteiger partial charge in [-0.25, -0.2) is 0 Å². The van der Waals surface area contributed by atoms with Gasteiger partial charge >= 0.3 is 0 Å². The number of thiophene rings is 1. The molecule has 7 heteroatoms. The average molecular weight is 516 g/mol. The summed E-state index contributed by atoms with van der Waals surface area (Å²) in [7, 11) is 3.75. The van der Waals surface area contributed by atoms with Crippen LogP contribution in [0.5, 0.6) is 5.75 Å². The number of carbonyl (C=O) groups excluding carboxylic acids is 1. The van der Waals surface area contributed by atoms with E-state index < -0.39 is 5.54 Å². The van der Waals surface area contributed by atoms with Crippen molar-refractivity contribution in [3.05, 3.63) is 82.4 Å². The zero-order valence-electron chi connectivity index (χ0n) is 21.6. The van der Waals surface area contributed by atoms with Crippen LogP contribution in [0.2, 0.25) is 0 Å². The monoisotopic (exact) mass is 515 g/mol. The molecule has 0 bridgehead atoms. The number of pyridine rings is 1. The molecular formula is C30H33N3O3S. The zero-order chi connectivity index (χ0) is 26.0. The highest BCUT2D eigenvalue weighted by atomic mass is 32.1. The molecule has 1 saturated carbocycles. The molecule has 37 heavy (non-hydrogen) atoms. The Morgan fingerprint density at radius 1 is 1.16 bits per heavy atom. The molecule has 0 atom stereocenters. The van der Waals surface area contributed by atoms with E-state index in [9.17, 15) is 9.90 Å². The Balaban J connectivity index is 0.000000503. The van der Waals surface area contributed by atoms with Crippen LogP contribution in [-0.2, 0) is 12.1 Å². The lowest BCUT2D eigenvalue weighted by Gasteiger charge is -2.24. The first-order valence-corrected chi connectivity index (χ1v) is 13.5. The number of benzene rings is 2. The average Bonchev–Trinajstić information content (AvgIpc) is 3.51. The second kappa shape index (κ2) is 10.6. The Kier molecular flexibility index (Phi) is 7.29. The van der Waals surface area contributed by atoms with E-state index in [4.69, 9.17) is 4.74 Å². The summed E-state index contributed by atoms with van der Waals surface area (Å²) in [5, 5.41) is 13.8. The first-order chi connectivity index (χ1) is 17.9. The molecule has 4 aromatic rings. The number of aromatic nitrogens is 1. The summed E-state index contributed by atoms with van der Waals surface area (Å²) in [4.78, 5) is 22.2. The minimum Gasteiger partial charge on any atom is -0.497 e. The molecule has 2 aliphatic rings. The molecule has 0 radical (unpaired) electrons. The van der Waals surface area contributed by atoms with Crippen molar-refractivity contribution in [2.75, 3.05) is 27.2 Å². The molecule has 2 fully saturated rings. The number of rotatable bonds is 6. The van der Waals surface area contributed by atoms with Gasteiger partial charge in [0.25, 0.3) is 5.91 Å². The van der Waals surface area contributed by atoms with Crippen LogP contribution in [0, 0.1) is 6.92 Å². The van der Waals surface area contributed by atoms with Gasteiger partial charge in [-0.2, -0.15) is 0 Å².